The number of nitrogens with one attached hydrogen (secondary N) is 1. The third kappa shape index (κ3) is 3.77. The van der Waals surface area contributed by atoms with Gasteiger partial charge in [-0.1, -0.05) is 0 Å². The van der Waals surface area contributed by atoms with Crippen LogP contribution in [0, 0.1) is 18.6 Å². The van der Waals surface area contributed by atoms with Gasteiger partial charge < -0.3 is 5.32 Å². The van der Waals surface area contributed by atoms with Gasteiger partial charge in [-0.25, -0.2) is 8.78 Å². The summed E-state index contributed by atoms with van der Waals surface area (Å²) in [5.41, 5.74) is 0.216. The maximum atomic E-state index is 13.1. The molecule has 0 spiro atoms. The highest BCUT2D eigenvalue weighted by molar-refractivity contribution is 5.25. The van der Waals surface area contributed by atoms with Crippen molar-refractivity contribution in [3.05, 3.63) is 34.9 Å². The Morgan fingerprint density at radius 1 is 1.12 bits per heavy atom. The second-order valence-electron chi connectivity index (χ2n) is 3.41. The molecule has 6 heteroatoms. The minimum absolute atomic E-state index is 0.0168. The first-order chi connectivity index (χ1) is 7.29. The third-order valence-corrected chi connectivity index (χ3v) is 1.97. The van der Waals surface area contributed by atoms with E-state index in [1.54, 1.807) is 0 Å². The van der Waals surface area contributed by atoms with Gasteiger partial charge in [-0.15, -0.1) is 0 Å². The molecule has 0 aliphatic carbocycles. The van der Waals surface area contributed by atoms with Crippen LogP contribution in [0.1, 0.15) is 11.1 Å². The van der Waals surface area contributed by atoms with E-state index in [9.17, 15) is 22.0 Å². The van der Waals surface area contributed by atoms with Crippen molar-refractivity contribution in [3.63, 3.8) is 0 Å². The van der Waals surface area contributed by atoms with E-state index in [1.807, 2.05) is 5.32 Å². The molecule has 90 valence electrons. The molecule has 0 atom stereocenters. The van der Waals surface area contributed by atoms with Gasteiger partial charge >= 0.3 is 6.18 Å². The molecular formula is C10H10F5N. The van der Waals surface area contributed by atoms with E-state index in [0.717, 1.165) is 0 Å². The summed E-state index contributed by atoms with van der Waals surface area (Å²) in [7, 11) is 0. The molecule has 1 N–H and O–H groups in total. The number of hydrogen-bond donors (Lipinski definition) is 1. The van der Waals surface area contributed by atoms with Gasteiger partial charge in [0, 0.05) is 18.2 Å². The van der Waals surface area contributed by atoms with E-state index in [0.29, 0.717) is 6.07 Å². The Morgan fingerprint density at radius 2 is 1.75 bits per heavy atom. The number of aryl methyl sites for hydroxylation is 1. The number of hydrogen-bond acceptors (Lipinski definition) is 1. The van der Waals surface area contributed by atoms with Crippen molar-refractivity contribution in [2.24, 2.45) is 0 Å². The summed E-state index contributed by atoms with van der Waals surface area (Å²) in [6, 6.07) is 1.86. The molecule has 0 bridgehead atoms. The van der Waals surface area contributed by atoms with Gasteiger partial charge in [0.1, 0.15) is 11.6 Å². The van der Waals surface area contributed by atoms with Gasteiger partial charge in [-0.05, 0) is 18.6 Å². The molecule has 16 heavy (non-hydrogen) atoms. The molecule has 0 aromatic heterocycles. The van der Waals surface area contributed by atoms with Crippen molar-refractivity contribution < 1.29 is 22.0 Å². The highest BCUT2D eigenvalue weighted by atomic mass is 19.4. The molecule has 1 rings (SSSR count). The fourth-order valence-electron chi connectivity index (χ4n) is 1.19. The second-order valence-corrected chi connectivity index (χ2v) is 3.41. The molecule has 0 aliphatic heterocycles. The van der Waals surface area contributed by atoms with E-state index < -0.39 is 24.4 Å². The van der Waals surface area contributed by atoms with Crippen molar-refractivity contribution in [1.82, 2.24) is 5.32 Å². The Morgan fingerprint density at radius 3 is 2.31 bits per heavy atom. The first-order valence-corrected chi connectivity index (χ1v) is 4.51. The van der Waals surface area contributed by atoms with E-state index in [2.05, 4.69) is 0 Å². The Labute approximate surface area is 89.3 Å². The molecule has 0 amide bonds. The maximum absolute atomic E-state index is 13.1. The predicted octanol–water partition coefficient (Wildman–Crippen LogP) is 2.93. The number of rotatable bonds is 3. The molecule has 0 unspecified atom stereocenters. The lowest BCUT2D eigenvalue weighted by Crippen LogP contribution is -2.28. The monoisotopic (exact) mass is 239 g/mol. The minimum atomic E-state index is -4.34. The van der Waals surface area contributed by atoms with Crippen LogP contribution in [0.4, 0.5) is 22.0 Å². The number of halogens is 5. The van der Waals surface area contributed by atoms with Gasteiger partial charge in [0.05, 0.1) is 6.54 Å². The predicted molar refractivity (Wildman–Crippen MR) is 48.9 cm³/mol. The Bertz CT molecular complexity index is 372. The van der Waals surface area contributed by atoms with Crippen LogP contribution in [-0.4, -0.2) is 12.7 Å². The average molecular weight is 239 g/mol. The zero-order chi connectivity index (χ0) is 12.3. The van der Waals surface area contributed by atoms with Crippen molar-refractivity contribution >= 4 is 0 Å². The van der Waals surface area contributed by atoms with Crippen molar-refractivity contribution in [2.75, 3.05) is 6.54 Å². The van der Waals surface area contributed by atoms with Crippen LogP contribution in [-0.2, 0) is 6.54 Å². The quantitative estimate of drug-likeness (QED) is 0.800. The SMILES string of the molecule is Cc1cc(CNCC(F)(F)F)c(F)cc1F. The zero-order valence-corrected chi connectivity index (χ0v) is 8.46. The molecule has 0 saturated carbocycles. The van der Waals surface area contributed by atoms with E-state index >= 15 is 0 Å². The topological polar surface area (TPSA) is 12.0 Å². The van der Waals surface area contributed by atoms with E-state index in [-0.39, 0.29) is 17.7 Å². The summed E-state index contributed by atoms with van der Waals surface area (Å²) < 4.78 is 61.3. The fourth-order valence-corrected chi connectivity index (χ4v) is 1.19. The smallest absolute Gasteiger partial charge is 0.304 e. The second kappa shape index (κ2) is 4.78. The summed E-state index contributed by atoms with van der Waals surface area (Å²) in [5, 5.41) is 2.04. The summed E-state index contributed by atoms with van der Waals surface area (Å²) in [6.07, 6.45) is -4.34. The molecule has 0 saturated heterocycles. The first kappa shape index (κ1) is 12.9. The van der Waals surface area contributed by atoms with Gasteiger partial charge in [0.25, 0.3) is 0 Å². The largest absolute Gasteiger partial charge is 0.401 e. The minimum Gasteiger partial charge on any atom is -0.304 e. The Balaban J connectivity index is 2.64. The van der Waals surface area contributed by atoms with Gasteiger partial charge in [0.15, 0.2) is 0 Å². The van der Waals surface area contributed by atoms with Crippen LogP contribution >= 0.6 is 0 Å². The summed E-state index contributed by atoms with van der Waals surface area (Å²) >= 11 is 0. The van der Waals surface area contributed by atoms with E-state index in [4.69, 9.17) is 0 Å². The summed E-state index contributed by atoms with van der Waals surface area (Å²) in [4.78, 5) is 0. The zero-order valence-electron chi connectivity index (χ0n) is 8.46. The molecule has 0 fully saturated rings. The molecule has 0 radical (unpaired) electrons. The van der Waals surface area contributed by atoms with Crippen LogP contribution in [0.25, 0.3) is 0 Å². The van der Waals surface area contributed by atoms with Crippen LogP contribution < -0.4 is 5.32 Å². The maximum Gasteiger partial charge on any atom is 0.401 e. The first-order valence-electron chi connectivity index (χ1n) is 4.51. The average Bonchev–Trinajstić information content (AvgIpc) is 2.11. The summed E-state index contributed by atoms with van der Waals surface area (Å²) in [6.45, 7) is -0.0721. The molecular weight excluding hydrogens is 229 g/mol. The third-order valence-electron chi connectivity index (χ3n) is 1.97. The molecule has 0 heterocycles. The molecule has 1 aromatic carbocycles. The lowest BCUT2D eigenvalue weighted by Gasteiger charge is -2.09. The summed E-state index contributed by atoms with van der Waals surface area (Å²) in [5.74, 6) is -1.56. The van der Waals surface area contributed by atoms with Gasteiger partial charge in [-0.2, -0.15) is 13.2 Å². The lowest BCUT2D eigenvalue weighted by atomic mass is 10.1. The van der Waals surface area contributed by atoms with Crippen molar-refractivity contribution in [1.29, 1.82) is 0 Å². The highest BCUT2D eigenvalue weighted by Gasteiger charge is 2.26. The Hall–Kier alpha value is -1.17. The normalized spacial score (nSPS) is 11.9. The Kier molecular flexibility index (Phi) is 3.85. The lowest BCUT2D eigenvalue weighted by molar-refractivity contribution is -0.125. The van der Waals surface area contributed by atoms with E-state index in [1.165, 1.54) is 13.0 Å². The number of alkyl halides is 3. The fraction of sp³-hybridized carbons (Fsp3) is 0.400. The van der Waals surface area contributed by atoms with Crippen LogP contribution in [0.15, 0.2) is 12.1 Å². The van der Waals surface area contributed by atoms with Crippen LogP contribution in [0.2, 0.25) is 0 Å². The molecule has 1 nitrogen and oxygen atoms in total. The van der Waals surface area contributed by atoms with Gasteiger partial charge in [0.2, 0.25) is 0 Å². The molecule has 1 aromatic rings. The van der Waals surface area contributed by atoms with Crippen LogP contribution in [0.5, 0.6) is 0 Å². The van der Waals surface area contributed by atoms with Crippen molar-refractivity contribution in [2.45, 2.75) is 19.6 Å². The van der Waals surface area contributed by atoms with Gasteiger partial charge in [-0.3, -0.25) is 0 Å². The van der Waals surface area contributed by atoms with Crippen molar-refractivity contribution in [3.8, 4) is 0 Å². The standard InChI is InChI=1S/C10H10F5N/c1-6-2-7(9(12)3-8(6)11)4-16-5-10(13,14)15/h2-3,16H,4-5H2,1H3. The van der Waals surface area contributed by atoms with Crippen LogP contribution in [0.3, 0.4) is 0 Å². The highest BCUT2D eigenvalue weighted by Crippen LogP contribution is 2.15. The molecule has 0 aliphatic rings. The number of benzene rings is 1.